The summed E-state index contributed by atoms with van der Waals surface area (Å²) in [5, 5.41) is 7.00. The summed E-state index contributed by atoms with van der Waals surface area (Å²) in [6, 6.07) is 0.847. The largest absolute Gasteiger partial charge is 0.453 e. The number of aliphatic hydroxyl groups excluding tert-OH is 1. The van der Waals surface area contributed by atoms with Gasteiger partial charge in [0.15, 0.2) is 0 Å². The molecule has 2 rings (SSSR count). The van der Waals surface area contributed by atoms with Crippen LogP contribution in [-0.2, 0) is 4.74 Å². The van der Waals surface area contributed by atoms with Crippen molar-refractivity contribution in [3.63, 3.8) is 0 Å². The molecule has 2 heterocycles. The third-order valence-electron chi connectivity index (χ3n) is 3.42. The van der Waals surface area contributed by atoms with Crippen molar-refractivity contribution >= 4 is 6.09 Å². The van der Waals surface area contributed by atoms with E-state index in [0.717, 1.165) is 39.1 Å². The van der Waals surface area contributed by atoms with Crippen molar-refractivity contribution in [1.82, 2.24) is 9.80 Å². The van der Waals surface area contributed by atoms with Gasteiger partial charge in [-0.15, -0.1) is 0 Å². The minimum absolute atomic E-state index is 0.187. The molecule has 0 spiro atoms. The number of nitrogens with zero attached hydrogens (tertiary/aromatic N) is 2. The SMILES string of the molecule is CC.CO.COC(=O)N1CCCC1.C[C@@H]1CCCN1C. The monoisotopic (exact) mass is 290 g/mol. The van der Waals surface area contributed by atoms with Gasteiger partial charge in [-0.2, -0.15) is 0 Å². The highest BCUT2D eigenvalue weighted by atomic mass is 16.5. The van der Waals surface area contributed by atoms with Crippen molar-refractivity contribution in [3.05, 3.63) is 0 Å². The predicted octanol–water partition coefficient (Wildman–Crippen LogP) is 2.58. The van der Waals surface area contributed by atoms with Gasteiger partial charge in [-0.25, -0.2) is 4.79 Å². The molecule has 1 amide bonds. The number of aliphatic hydroxyl groups is 1. The normalized spacial score (nSPS) is 20.8. The summed E-state index contributed by atoms with van der Waals surface area (Å²) in [5.41, 5.74) is 0. The topological polar surface area (TPSA) is 53.0 Å². The van der Waals surface area contributed by atoms with Crippen molar-refractivity contribution in [2.24, 2.45) is 0 Å². The summed E-state index contributed by atoms with van der Waals surface area (Å²) in [4.78, 5) is 14.8. The molecule has 2 aliphatic rings. The van der Waals surface area contributed by atoms with Gasteiger partial charge < -0.3 is 19.6 Å². The van der Waals surface area contributed by atoms with Crippen LogP contribution in [0.1, 0.15) is 46.5 Å². The molecule has 0 aliphatic carbocycles. The van der Waals surface area contributed by atoms with E-state index in [1.165, 1.54) is 26.5 Å². The fourth-order valence-corrected chi connectivity index (χ4v) is 2.11. The Morgan fingerprint density at radius 3 is 1.85 bits per heavy atom. The van der Waals surface area contributed by atoms with Crippen LogP contribution in [0.2, 0.25) is 0 Å². The summed E-state index contributed by atoms with van der Waals surface area (Å²) >= 11 is 0. The summed E-state index contributed by atoms with van der Waals surface area (Å²) < 4.78 is 4.52. The van der Waals surface area contributed by atoms with Gasteiger partial charge >= 0.3 is 6.09 Å². The average Bonchev–Trinajstić information content (AvgIpc) is 3.16. The minimum atomic E-state index is -0.187. The molecule has 5 heteroatoms. The van der Waals surface area contributed by atoms with E-state index in [2.05, 4.69) is 23.6 Å². The van der Waals surface area contributed by atoms with Crippen LogP contribution in [0, 0.1) is 0 Å². The zero-order valence-corrected chi connectivity index (χ0v) is 14.2. The average molecular weight is 290 g/mol. The molecular weight excluding hydrogens is 256 g/mol. The first-order valence-electron chi connectivity index (χ1n) is 7.63. The Morgan fingerprint density at radius 2 is 1.60 bits per heavy atom. The number of hydrogen-bond donors (Lipinski definition) is 1. The highest BCUT2D eigenvalue weighted by Crippen LogP contribution is 2.12. The van der Waals surface area contributed by atoms with E-state index in [1.54, 1.807) is 4.90 Å². The molecule has 0 saturated carbocycles. The molecular formula is C15H34N2O3. The molecule has 0 aromatic heterocycles. The third kappa shape index (κ3) is 9.15. The lowest BCUT2D eigenvalue weighted by molar-refractivity contribution is 0.133. The number of likely N-dealkylation sites (tertiary alicyclic amines) is 2. The number of ether oxygens (including phenoxy) is 1. The maximum absolute atomic E-state index is 10.7. The van der Waals surface area contributed by atoms with Crippen LogP contribution < -0.4 is 0 Å². The lowest BCUT2D eigenvalue weighted by atomic mass is 10.3. The first-order chi connectivity index (χ1) is 9.65. The molecule has 0 unspecified atom stereocenters. The van der Waals surface area contributed by atoms with Gasteiger partial charge in [0.2, 0.25) is 0 Å². The molecule has 0 bridgehead atoms. The second kappa shape index (κ2) is 14.6. The van der Waals surface area contributed by atoms with E-state index in [4.69, 9.17) is 5.11 Å². The lowest BCUT2D eigenvalue weighted by Gasteiger charge is -2.12. The van der Waals surface area contributed by atoms with E-state index in [1.807, 2.05) is 13.8 Å². The Morgan fingerprint density at radius 1 is 1.10 bits per heavy atom. The Kier molecular flexibility index (Phi) is 15.7. The van der Waals surface area contributed by atoms with Gasteiger partial charge in [-0.05, 0) is 46.2 Å². The highest BCUT2D eigenvalue weighted by Gasteiger charge is 2.17. The van der Waals surface area contributed by atoms with Gasteiger partial charge in [-0.1, -0.05) is 13.8 Å². The van der Waals surface area contributed by atoms with Crippen LogP contribution in [0.3, 0.4) is 0 Å². The fourth-order valence-electron chi connectivity index (χ4n) is 2.11. The maximum atomic E-state index is 10.7. The quantitative estimate of drug-likeness (QED) is 0.745. The number of carbonyl (C=O) groups excluding carboxylic acids is 1. The molecule has 2 fully saturated rings. The predicted molar refractivity (Wildman–Crippen MR) is 84.0 cm³/mol. The molecule has 0 aromatic rings. The van der Waals surface area contributed by atoms with Crippen LogP contribution in [0.4, 0.5) is 4.79 Å². The second-order valence-corrected chi connectivity index (χ2v) is 4.64. The summed E-state index contributed by atoms with van der Waals surface area (Å²) in [6.07, 6.45) is 4.85. The summed E-state index contributed by atoms with van der Waals surface area (Å²) in [7, 11) is 4.61. The van der Waals surface area contributed by atoms with Crippen LogP contribution in [0.25, 0.3) is 0 Å². The van der Waals surface area contributed by atoms with Crippen molar-refractivity contribution < 1.29 is 14.6 Å². The first-order valence-corrected chi connectivity index (χ1v) is 7.63. The summed E-state index contributed by atoms with van der Waals surface area (Å²) in [6.45, 7) is 9.33. The van der Waals surface area contributed by atoms with Gasteiger partial charge in [-0.3, -0.25) is 0 Å². The van der Waals surface area contributed by atoms with E-state index in [-0.39, 0.29) is 6.09 Å². The number of amides is 1. The molecule has 5 nitrogen and oxygen atoms in total. The zero-order valence-electron chi connectivity index (χ0n) is 14.2. The van der Waals surface area contributed by atoms with Gasteiger partial charge in [0.25, 0.3) is 0 Å². The zero-order chi connectivity index (χ0) is 16.0. The number of rotatable bonds is 0. The smallest absolute Gasteiger partial charge is 0.409 e. The van der Waals surface area contributed by atoms with Crippen molar-refractivity contribution in [3.8, 4) is 0 Å². The van der Waals surface area contributed by atoms with Gasteiger partial charge in [0.05, 0.1) is 7.11 Å². The minimum Gasteiger partial charge on any atom is -0.453 e. The number of methoxy groups -OCH3 is 1. The van der Waals surface area contributed by atoms with E-state index >= 15 is 0 Å². The molecule has 1 atom stereocenters. The Hall–Kier alpha value is -0.810. The molecule has 20 heavy (non-hydrogen) atoms. The lowest BCUT2D eigenvalue weighted by Crippen LogP contribution is -2.27. The van der Waals surface area contributed by atoms with Crippen molar-refractivity contribution in [2.75, 3.05) is 40.9 Å². The van der Waals surface area contributed by atoms with Gasteiger partial charge in [0, 0.05) is 26.2 Å². The number of carbonyl (C=O) groups is 1. The van der Waals surface area contributed by atoms with E-state index in [9.17, 15) is 4.79 Å². The fraction of sp³-hybridized carbons (Fsp3) is 0.933. The Bertz CT molecular complexity index is 211. The van der Waals surface area contributed by atoms with Crippen molar-refractivity contribution in [2.45, 2.75) is 52.5 Å². The molecule has 122 valence electrons. The van der Waals surface area contributed by atoms with E-state index < -0.39 is 0 Å². The van der Waals surface area contributed by atoms with Crippen LogP contribution in [0.15, 0.2) is 0 Å². The van der Waals surface area contributed by atoms with Crippen LogP contribution in [-0.4, -0.2) is 67.9 Å². The Labute approximate surface area is 124 Å². The Balaban J connectivity index is 0. The molecule has 2 saturated heterocycles. The molecule has 0 aromatic carbocycles. The first kappa shape index (κ1) is 21.5. The van der Waals surface area contributed by atoms with Crippen LogP contribution >= 0.6 is 0 Å². The maximum Gasteiger partial charge on any atom is 0.409 e. The molecule has 1 N–H and O–H groups in total. The molecule has 2 aliphatic heterocycles. The van der Waals surface area contributed by atoms with E-state index in [0.29, 0.717) is 0 Å². The third-order valence-corrected chi connectivity index (χ3v) is 3.42. The molecule has 0 radical (unpaired) electrons. The standard InChI is InChI=1S/C6H11NO2.C6H13N.C2H6.CH4O/c1-9-6(8)7-4-2-3-5-7;1-6-4-3-5-7(6)2;2*1-2/h2-5H2,1H3;6H,3-5H2,1-2H3;1-2H3;2H,1H3/t;6-;;/m.1../s1. The second-order valence-electron chi connectivity index (χ2n) is 4.64. The number of hydrogen-bond acceptors (Lipinski definition) is 4. The van der Waals surface area contributed by atoms with Crippen LogP contribution in [0.5, 0.6) is 0 Å². The van der Waals surface area contributed by atoms with Crippen molar-refractivity contribution in [1.29, 1.82) is 0 Å². The highest BCUT2D eigenvalue weighted by molar-refractivity contribution is 5.67. The van der Waals surface area contributed by atoms with Gasteiger partial charge in [0.1, 0.15) is 0 Å². The summed E-state index contributed by atoms with van der Waals surface area (Å²) in [5.74, 6) is 0.